The lowest BCUT2D eigenvalue weighted by molar-refractivity contribution is -0.120. The summed E-state index contributed by atoms with van der Waals surface area (Å²) in [6.07, 6.45) is 6.36. The number of hydrogen-bond donors (Lipinski definition) is 0. The Balaban J connectivity index is 1.87. The van der Waals surface area contributed by atoms with E-state index in [4.69, 9.17) is 0 Å². The maximum atomic E-state index is 11.9. The van der Waals surface area contributed by atoms with Gasteiger partial charge in [-0.05, 0) is 40.9 Å². The van der Waals surface area contributed by atoms with Crippen LogP contribution in [-0.2, 0) is 4.79 Å². The molecule has 0 aliphatic heterocycles. The van der Waals surface area contributed by atoms with Crippen molar-refractivity contribution in [2.45, 2.75) is 30.7 Å². The Morgan fingerprint density at radius 1 is 1.50 bits per heavy atom. The van der Waals surface area contributed by atoms with E-state index < -0.39 is 0 Å². The average molecular weight is 300 g/mol. The molecule has 1 aromatic rings. The summed E-state index contributed by atoms with van der Waals surface area (Å²) in [6.45, 7) is 0. The zero-order chi connectivity index (χ0) is 11.4. The van der Waals surface area contributed by atoms with Crippen LogP contribution in [0.1, 0.15) is 25.7 Å². The van der Waals surface area contributed by atoms with Gasteiger partial charge in [0, 0.05) is 16.6 Å². The Labute approximate surface area is 108 Å². The summed E-state index contributed by atoms with van der Waals surface area (Å²) < 4.78 is 0.972. The first-order valence-electron chi connectivity index (χ1n) is 5.53. The first-order valence-corrected chi connectivity index (χ1v) is 7.31. The third kappa shape index (κ3) is 3.08. The molecule has 0 amide bonds. The fourth-order valence-electron chi connectivity index (χ4n) is 1.98. The molecule has 2 nitrogen and oxygen atoms in total. The highest BCUT2D eigenvalue weighted by Gasteiger charge is 2.22. The Morgan fingerprint density at radius 3 is 2.94 bits per heavy atom. The van der Waals surface area contributed by atoms with Crippen LogP contribution in [0.4, 0.5) is 0 Å². The predicted molar refractivity (Wildman–Crippen MR) is 69.6 cm³/mol. The minimum Gasteiger partial charge on any atom is -0.298 e. The van der Waals surface area contributed by atoms with Crippen molar-refractivity contribution in [3.8, 4) is 0 Å². The molecular formula is C12H14BrNOS. The van der Waals surface area contributed by atoms with Crippen LogP contribution in [0.5, 0.6) is 0 Å². The van der Waals surface area contributed by atoms with Crippen LogP contribution in [0.25, 0.3) is 0 Å². The predicted octanol–water partition coefficient (Wildman–Crippen LogP) is 3.70. The summed E-state index contributed by atoms with van der Waals surface area (Å²) in [5.74, 6) is 1.26. The molecule has 4 heteroatoms. The molecule has 0 unspecified atom stereocenters. The van der Waals surface area contributed by atoms with Gasteiger partial charge in [0.15, 0.2) is 0 Å². The molecule has 0 radical (unpaired) electrons. The smallest absolute Gasteiger partial charge is 0.146 e. The number of Topliss-reactive ketones (excluding diaryl/α,β-unsaturated/α-hetero) is 1. The van der Waals surface area contributed by atoms with Crippen molar-refractivity contribution in [2.24, 2.45) is 5.92 Å². The third-order valence-corrected chi connectivity index (χ3v) is 4.82. The molecule has 0 bridgehead atoms. The molecule has 2 rings (SSSR count). The lowest BCUT2D eigenvalue weighted by Gasteiger charge is -2.07. The molecule has 0 spiro atoms. The highest BCUT2D eigenvalue weighted by molar-refractivity contribution is 9.10. The number of carbonyl (C=O) groups is 1. The van der Waals surface area contributed by atoms with Gasteiger partial charge in [0.1, 0.15) is 10.8 Å². The number of nitrogens with zero attached hydrogens (tertiary/aromatic N) is 1. The van der Waals surface area contributed by atoms with Gasteiger partial charge >= 0.3 is 0 Å². The molecule has 1 fully saturated rings. The van der Waals surface area contributed by atoms with Crippen LogP contribution in [0.3, 0.4) is 0 Å². The lowest BCUT2D eigenvalue weighted by Crippen LogP contribution is -2.13. The molecule has 0 saturated heterocycles. The maximum Gasteiger partial charge on any atom is 0.146 e. The summed E-state index contributed by atoms with van der Waals surface area (Å²) >= 11 is 4.97. The summed E-state index contributed by atoms with van der Waals surface area (Å²) in [5, 5.41) is 0.911. The van der Waals surface area contributed by atoms with Gasteiger partial charge in [-0.3, -0.25) is 4.79 Å². The van der Waals surface area contributed by atoms with E-state index in [0.29, 0.717) is 17.5 Å². The number of thioether (sulfide) groups is 1. The molecule has 1 aliphatic rings. The van der Waals surface area contributed by atoms with Crippen molar-refractivity contribution in [3.05, 3.63) is 22.8 Å². The lowest BCUT2D eigenvalue weighted by atomic mass is 10.0. The first kappa shape index (κ1) is 12.1. The molecule has 0 N–H and O–H groups in total. The van der Waals surface area contributed by atoms with Crippen LogP contribution in [0.2, 0.25) is 0 Å². The average Bonchev–Trinajstić information content (AvgIpc) is 2.81. The fraction of sp³-hybridized carbons (Fsp3) is 0.500. The van der Waals surface area contributed by atoms with E-state index in [1.54, 1.807) is 6.20 Å². The van der Waals surface area contributed by atoms with Gasteiger partial charge in [-0.1, -0.05) is 24.6 Å². The number of hydrogen-bond acceptors (Lipinski definition) is 3. The first-order chi connectivity index (χ1) is 7.77. The molecule has 0 atom stereocenters. The van der Waals surface area contributed by atoms with Crippen LogP contribution in [0, 0.1) is 5.92 Å². The number of aromatic nitrogens is 1. The van der Waals surface area contributed by atoms with E-state index in [0.717, 1.165) is 22.3 Å². The summed E-state index contributed by atoms with van der Waals surface area (Å²) in [5.41, 5.74) is 0. The van der Waals surface area contributed by atoms with E-state index in [1.165, 1.54) is 24.6 Å². The van der Waals surface area contributed by atoms with Gasteiger partial charge in [-0.15, -0.1) is 0 Å². The number of carbonyl (C=O) groups excluding carboxylic acids is 1. The van der Waals surface area contributed by atoms with Gasteiger partial charge in [-0.2, -0.15) is 0 Å². The monoisotopic (exact) mass is 299 g/mol. The van der Waals surface area contributed by atoms with Crippen LogP contribution >= 0.6 is 27.7 Å². The number of halogens is 1. The second-order valence-electron chi connectivity index (χ2n) is 4.03. The minimum atomic E-state index is 0.315. The van der Waals surface area contributed by atoms with Crippen molar-refractivity contribution in [2.75, 3.05) is 5.75 Å². The molecule has 16 heavy (non-hydrogen) atoms. The molecule has 0 aromatic carbocycles. The molecular weight excluding hydrogens is 286 g/mol. The zero-order valence-corrected chi connectivity index (χ0v) is 11.4. The Hall–Kier alpha value is -0.350. The van der Waals surface area contributed by atoms with Crippen molar-refractivity contribution < 1.29 is 4.79 Å². The normalized spacial score (nSPS) is 16.6. The quantitative estimate of drug-likeness (QED) is 0.794. The van der Waals surface area contributed by atoms with Crippen LogP contribution < -0.4 is 0 Å². The molecule has 1 aromatic heterocycles. The van der Waals surface area contributed by atoms with Crippen molar-refractivity contribution in [3.63, 3.8) is 0 Å². The molecule has 1 heterocycles. The Bertz CT molecular complexity index is 377. The van der Waals surface area contributed by atoms with Crippen LogP contribution in [0.15, 0.2) is 27.8 Å². The summed E-state index contributed by atoms with van der Waals surface area (Å²) in [7, 11) is 0. The second-order valence-corrected chi connectivity index (χ2v) is 5.85. The Morgan fingerprint density at radius 2 is 2.25 bits per heavy atom. The van der Waals surface area contributed by atoms with Crippen molar-refractivity contribution in [1.82, 2.24) is 4.98 Å². The van der Waals surface area contributed by atoms with Crippen molar-refractivity contribution >= 4 is 33.5 Å². The standard InChI is InChI=1S/C12H14BrNOS/c13-10-6-3-7-14-12(10)16-8-11(15)9-4-1-2-5-9/h3,6-7,9H,1-2,4-5,8H2. The van der Waals surface area contributed by atoms with Gasteiger partial charge in [0.05, 0.1) is 5.75 Å². The van der Waals surface area contributed by atoms with Crippen molar-refractivity contribution in [1.29, 1.82) is 0 Å². The second kappa shape index (κ2) is 5.82. The number of rotatable bonds is 4. The number of pyridine rings is 1. The SMILES string of the molecule is O=C(CSc1ncccc1Br)C1CCCC1. The zero-order valence-electron chi connectivity index (χ0n) is 8.99. The molecule has 1 aliphatic carbocycles. The van der Waals surface area contributed by atoms with E-state index in [1.807, 2.05) is 12.1 Å². The minimum absolute atomic E-state index is 0.315. The molecule has 1 saturated carbocycles. The van der Waals surface area contributed by atoms with Gasteiger partial charge < -0.3 is 0 Å². The van der Waals surface area contributed by atoms with E-state index >= 15 is 0 Å². The highest BCUT2D eigenvalue weighted by Crippen LogP contribution is 2.29. The van der Waals surface area contributed by atoms with E-state index in [2.05, 4.69) is 20.9 Å². The van der Waals surface area contributed by atoms with E-state index in [-0.39, 0.29) is 0 Å². The largest absolute Gasteiger partial charge is 0.298 e. The summed E-state index contributed by atoms with van der Waals surface area (Å²) in [4.78, 5) is 16.1. The Kier molecular flexibility index (Phi) is 4.41. The highest BCUT2D eigenvalue weighted by atomic mass is 79.9. The van der Waals surface area contributed by atoms with Crippen LogP contribution in [-0.4, -0.2) is 16.5 Å². The van der Waals surface area contributed by atoms with Gasteiger partial charge in [0.25, 0.3) is 0 Å². The topological polar surface area (TPSA) is 30.0 Å². The maximum absolute atomic E-state index is 11.9. The fourth-order valence-corrected chi connectivity index (χ4v) is 3.44. The molecule has 86 valence electrons. The van der Waals surface area contributed by atoms with Gasteiger partial charge in [-0.25, -0.2) is 4.98 Å². The number of ketones is 1. The van der Waals surface area contributed by atoms with E-state index in [9.17, 15) is 4.79 Å². The third-order valence-electron chi connectivity index (χ3n) is 2.89. The summed E-state index contributed by atoms with van der Waals surface area (Å²) in [6, 6.07) is 3.84. The van der Waals surface area contributed by atoms with Gasteiger partial charge in [0.2, 0.25) is 0 Å².